The van der Waals surface area contributed by atoms with Crippen molar-refractivity contribution in [2.24, 2.45) is 0 Å². The highest BCUT2D eigenvalue weighted by Gasteiger charge is 2.25. The minimum absolute atomic E-state index is 0.0432. The van der Waals surface area contributed by atoms with Gasteiger partial charge in [-0.15, -0.1) is 0 Å². The number of nitrogens with zero attached hydrogens (tertiary/aromatic N) is 1. The number of sulfonamides is 1. The molecule has 2 aromatic carbocycles. The first-order valence-electron chi connectivity index (χ1n) is 8.90. The number of piperidine rings is 1. The molecule has 1 fully saturated rings. The van der Waals surface area contributed by atoms with Gasteiger partial charge in [0.1, 0.15) is 0 Å². The molecule has 0 bridgehead atoms. The molecule has 0 atom stereocenters. The Labute approximate surface area is 159 Å². The highest BCUT2D eigenvalue weighted by Crippen LogP contribution is 2.21. The Hall–Kier alpha value is -2.51. The van der Waals surface area contributed by atoms with Crippen LogP contribution in [0.3, 0.4) is 0 Å². The maximum Gasteiger partial charge on any atom is 0.255 e. The minimum atomic E-state index is -3.51. The summed E-state index contributed by atoms with van der Waals surface area (Å²) in [6.45, 7) is 2.56. The number of carbonyl (C=O) groups excluding carboxylic acids is 2. The predicted octanol–water partition coefficient (Wildman–Crippen LogP) is 3.32. The van der Waals surface area contributed by atoms with Gasteiger partial charge >= 0.3 is 0 Å². The molecule has 0 spiro atoms. The highest BCUT2D eigenvalue weighted by atomic mass is 32.2. The van der Waals surface area contributed by atoms with Crippen LogP contribution >= 0.6 is 0 Å². The Balaban J connectivity index is 1.70. The van der Waals surface area contributed by atoms with Gasteiger partial charge in [0.2, 0.25) is 10.0 Å². The number of hydrogen-bond donors (Lipinski definition) is 1. The summed E-state index contributed by atoms with van der Waals surface area (Å²) in [5.74, 6) is -0.383. The summed E-state index contributed by atoms with van der Waals surface area (Å²) in [4.78, 5) is 23.8. The van der Waals surface area contributed by atoms with Gasteiger partial charge in [-0.25, -0.2) is 8.42 Å². The van der Waals surface area contributed by atoms with E-state index >= 15 is 0 Å². The predicted molar refractivity (Wildman–Crippen MR) is 103 cm³/mol. The third kappa shape index (κ3) is 4.43. The zero-order chi connectivity index (χ0) is 19.4. The second-order valence-electron chi connectivity index (χ2n) is 6.58. The van der Waals surface area contributed by atoms with E-state index < -0.39 is 10.0 Å². The monoisotopic (exact) mass is 386 g/mol. The first kappa shape index (κ1) is 19.3. The van der Waals surface area contributed by atoms with Crippen LogP contribution in [0.1, 0.15) is 46.9 Å². The number of ketones is 1. The molecule has 1 saturated heterocycles. The fourth-order valence-corrected chi connectivity index (χ4v) is 4.54. The number of nitrogens with one attached hydrogen (secondary N) is 1. The molecule has 0 aromatic heterocycles. The fraction of sp³-hybridized carbons (Fsp3) is 0.300. The van der Waals surface area contributed by atoms with Crippen LogP contribution in [0.2, 0.25) is 0 Å². The average molecular weight is 386 g/mol. The summed E-state index contributed by atoms with van der Waals surface area (Å²) in [6, 6.07) is 12.6. The molecule has 0 unspecified atom stereocenters. The van der Waals surface area contributed by atoms with Crippen LogP contribution < -0.4 is 5.32 Å². The first-order chi connectivity index (χ1) is 12.9. The molecule has 1 heterocycles. The van der Waals surface area contributed by atoms with Crippen molar-refractivity contribution in [2.45, 2.75) is 31.1 Å². The van der Waals surface area contributed by atoms with Crippen LogP contribution in [0.15, 0.2) is 53.4 Å². The lowest BCUT2D eigenvalue weighted by Gasteiger charge is -2.25. The number of benzene rings is 2. The quantitative estimate of drug-likeness (QED) is 0.799. The van der Waals surface area contributed by atoms with Crippen LogP contribution in [0.4, 0.5) is 5.69 Å². The van der Waals surface area contributed by atoms with Crippen molar-refractivity contribution >= 4 is 27.4 Å². The molecule has 2 aromatic rings. The lowest BCUT2D eigenvalue weighted by Crippen LogP contribution is -2.35. The zero-order valence-corrected chi connectivity index (χ0v) is 16.0. The fourth-order valence-electron chi connectivity index (χ4n) is 3.02. The second kappa shape index (κ2) is 8.02. The van der Waals surface area contributed by atoms with Crippen molar-refractivity contribution in [1.29, 1.82) is 0 Å². The van der Waals surface area contributed by atoms with Crippen molar-refractivity contribution in [2.75, 3.05) is 18.4 Å². The van der Waals surface area contributed by atoms with E-state index in [4.69, 9.17) is 0 Å². The van der Waals surface area contributed by atoms with E-state index in [9.17, 15) is 18.0 Å². The molecule has 1 amide bonds. The van der Waals surface area contributed by atoms with Gasteiger partial charge in [-0.3, -0.25) is 9.59 Å². The van der Waals surface area contributed by atoms with Gasteiger partial charge < -0.3 is 5.32 Å². The van der Waals surface area contributed by atoms with Crippen molar-refractivity contribution in [3.05, 3.63) is 59.7 Å². The second-order valence-corrected chi connectivity index (χ2v) is 8.51. The summed E-state index contributed by atoms with van der Waals surface area (Å²) in [6.07, 6.45) is 2.81. The standard InChI is InChI=1S/C20H22N2O4S/c1-15(23)16-5-9-18(10-6-16)21-20(24)17-7-11-19(12-8-17)27(25,26)22-13-3-2-4-14-22/h5-12H,2-4,13-14H2,1H3,(H,21,24). The number of amides is 1. The molecule has 1 aliphatic heterocycles. The van der Waals surface area contributed by atoms with Crippen molar-refractivity contribution in [1.82, 2.24) is 4.31 Å². The molecular formula is C20H22N2O4S. The largest absolute Gasteiger partial charge is 0.322 e. The maximum atomic E-state index is 12.6. The topological polar surface area (TPSA) is 83.5 Å². The third-order valence-electron chi connectivity index (χ3n) is 4.62. The van der Waals surface area contributed by atoms with Crippen LogP contribution in [-0.2, 0) is 10.0 Å². The Kier molecular flexibility index (Phi) is 5.72. The van der Waals surface area contributed by atoms with Crippen LogP contribution in [0.25, 0.3) is 0 Å². The Morgan fingerprint density at radius 1 is 0.852 bits per heavy atom. The molecule has 1 N–H and O–H groups in total. The first-order valence-corrected chi connectivity index (χ1v) is 10.3. The summed E-state index contributed by atoms with van der Waals surface area (Å²) in [7, 11) is -3.51. The van der Waals surface area contributed by atoms with Gasteiger partial charge in [0.15, 0.2) is 5.78 Å². The number of rotatable bonds is 5. The summed E-state index contributed by atoms with van der Waals surface area (Å²) in [5, 5.41) is 2.74. The summed E-state index contributed by atoms with van der Waals surface area (Å²) < 4.78 is 26.8. The van der Waals surface area contributed by atoms with Gasteiger partial charge in [0.25, 0.3) is 5.91 Å². The van der Waals surface area contributed by atoms with Gasteiger partial charge in [-0.05, 0) is 68.3 Å². The zero-order valence-electron chi connectivity index (χ0n) is 15.1. The molecule has 7 heteroatoms. The summed E-state index contributed by atoms with van der Waals surface area (Å²) in [5.41, 5.74) is 1.50. The molecule has 142 valence electrons. The van der Waals surface area contributed by atoms with Crippen LogP contribution in [0.5, 0.6) is 0 Å². The molecule has 0 radical (unpaired) electrons. The average Bonchev–Trinajstić information content (AvgIpc) is 2.69. The molecule has 0 aliphatic carbocycles. The van der Waals surface area contributed by atoms with Crippen molar-refractivity contribution in [3.8, 4) is 0 Å². The van der Waals surface area contributed by atoms with Crippen molar-refractivity contribution in [3.63, 3.8) is 0 Å². The highest BCUT2D eigenvalue weighted by molar-refractivity contribution is 7.89. The molecule has 6 nitrogen and oxygen atoms in total. The van der Waals surface area contributed by atoms with Gasteiger partial charge in [-0.2, -0.15) is 4.31 Å². The summed E-state index contributed by atoms with van der Waals surface area (Å²) >= 11 is 0. The third-order valence-corrected chi connectivity index (χ3v) is 6.53. The van der Waals surface area contributed by atoms with E-state index in [0.29, 0.717) is 29.9 Å². The van der Waals surface area contributed by atoms with E-state index in [2.05, 4.69) is 5.32 Å². The van der Waals surface area contributed by atoms with Crippen LogP contribution in [0, 0.1) is 0 Å². The van der Waals surface area contributed by atoms with Crippen LogP contribution in [-0.4, -0.2) is 37.5 Å². The number of hydrogen-bond acceptors (Lipinski definition) is 4. The number of anilines is 1. The van der Waals surface area contributed by atoms with E-state index in [0.717, 1.165) is 19.3 Å². The lowest BCUT2D eigenvalue weighted by atomic mass is 10.1. The number of Topliss-reactive ketones (excluding diaryl/α,β-unsaturated/α-hetero) is 1. The van der Waals surface area contributed by atoms with Crippen molar-refractivity contribution < 1.29 is 18.0 Å². The van der Waals surface area contributed by atoms with Gasteiger partial charge in [0.05, 0.1) is 4.90 Å². The number of carbonyl (C=O) groups is 2. The molecule has 3 rings (SSSR count). The Morgan fingerprint density at radius 2 is 1.41 bits per heavy atom. The smallest absolute Gasteiger partial charge is 0.255 e. The molecule has 1 aliphatic rings. The molecule has 27 heavy (non-hydrogen) atoms. The Morgan fingerprint density at radius 3 is 1.96 bits per heavy atom. The van der Waals surface area contributed by atoms with E-state index in [1.165, 1.54) is 35.5 Å². The molecular weight excluding hydrogens is 364 g/mol. The van der Waals surface area contributed by atoms with Gasteiger partial charge in [-0.1, -0.05) is 6.42 Å². The van der Waals surface area contributed by atoms with E-state index in [-0.39, 0.29) is 16.6 Å². The van der Waals surface area contributed by atoms with E-state index in [1.807, 2.05) is 0 Å². The maximum absolute atomic E-state index is 12.6. The molecule has 0 saturated carbocycles. The SMILES string of the molecule is CC(=O)c1ccc(NC(=O)c2ccc(S(=O)(=O)N3CCCCC3)cc2)cc1. The normalized spacial score (nSPS) is 15.3. The van der Waals surface area contributed by atoms with Gasteiger partial charge in [0, 0.05) is 29.9 Å². The lowest BCUT2D eigenvalue weighted by molar-refractivity contribution is 0.101. The minimum Gasteiger partial charge on any atom is -0.322 e. The Bertz CT molecular complexity index is 929. The van der Waals surface area contributed by atoms with E-state index in [1.54, 1.807) is 24.3 Å².